The molecule has 20 heavy (non-hydrogen) atoms. The number of fused-ring (bicyclic) bond motifs is 1. The SMILES string of the molecule is Cc1cc(N)ccc1-c1nn2c(C(F)(F)F)nnc2s1. The predicted octanol–water partition coefficient (Wildman–Crippen LogP) is 2.76. The highest BCUT2D eigenvalue weighted by Gasteiger charge is 2.38. The van der Waals surface area contributed by atoms with Crippen LogP contribution in [0.2, 0.25) is 0 Å². The summed E-state index contributed by atoms with van der Waals surface area (Å²) in [6.07, 6.45) is -4.58. The molecule has 0 atom stereocenters. The summed E-state index contributed by atoms with van der Waals surface area (Å²) in [5, 5.41) is 11.0. The Bertz CT molecular complexity index is 789. The summed E-state index contributed by atoms with van der Waals surface area (Å²) < 4.78 is 38.9. The summed E-state index contributed by atoms with van der Waals surface area (Å²) in [5.74, 6) is -1.12. The van der Waals surface area contributed by atoms with Crippen LogP contribution in [-0.2, 0) is 6.18 Å². The molecule has 0 spiro atoms. The van der Waals surface area contributed by atoms with E-state index in [2.05, 4.69) is 15.3 Å². The second-order valence-corrected chi connectivity index (χ2v) is 5.15. The minimum atomic E-state index is -4.58. The lowest BCUT2D eigenvalue weighted by Crippen LogP contribution is -2.11. The maximum atomic E-state index is 12.7. The molecule has 3 aromatic rings. The summed E-state index contributed by atoms with van der Waals surface area (Å²) in [4.78, 5) is 0.101. The Morgan fingerprint density at radius 1 is 1.25 bits per heavy atom. The molecule has 0 saturated heterocycles. The van der Waals surface area contributed by atoms with Crippen molar-refractivity contribution >= 4 is 22.0 Å². The van der Waals surface area contributed by atoms with Crippen molar-refractivity contribution in [1.29, 1.82) is 0 Å². The van der Waals surface area contributed by atoms with Gasteiger partial charge in [-0.15, -0.1) is 10.2 Å². The van der Waals surface area contributed by atoms with Gasteiger partial charge in [-0.1, -0.05) is 11.3 Å². The number of rotatable bonds is 1. The zero-order valence-electron chi connectivity index (χ0n) is 10.1. The van der Waals surface area contributed by atoms with Gasteiger partial charge in [-0.05, 0) is 30.7 Å². The van der Waals surface area contributed by atoms with Crippen molar-refractivity contribution in [3.63, 3.8) is 0 Å². The van der Waals surface area contributed by atoms with Gasteiger partial charge in [-0.2, -0.15) is 22.8 Å². The van der Waals surface area contributed by atoms with Crippen LogP contribution in [0.15, 0.2) is 18.2 Å². The Labute approximate surface area is 114 Å². The molecule has 104 valence electrons. The van der Waals surface area contributed by atoms with Gasteiger partial charge in [0.2, 0.25) is 4.96 Å². The highest BCUT2D eigenvalue weighted by Crippen LogP contribution is 2.33. The molecule has 9 heteroatoms. The Morgan fingerprint density at radius 3 is 2.65 bits per heavy atom. The number of benzene rings is 1. The van der Waals surface area contributed by atoms with Gasteiger partial charge in [-0.25, -0.2) is 0 Å². The molecule has 0 amide bonds. The van der Waals surface area contributed by atoms with E-state index >= 15 is 0 Å². The summed E-state index contributed by atoms with van der Waals surface area (Å²) >= 11 is 1.04. The molecule has 0 aliphatic carbocycles. The molecule has 0 radical (unpaired) electrons. The van der Waals surface area contributed by atoms with Crippen molar-refractivity contribution in [2.75, 3.05) is 5.73 Å². The standard InChI is InChI=1S/C11H8F3N5S/c1-5-4-6(15)2-3-7(5)8-18-19-9(11(12,13)14)16-17-10(19)20-8/h2-4H,15H2,1H3. The van der Waals surface area contributed by atoms with Crippen LogP contribution in [0.3, 0.4) is 0 Å². The third-order valence-electron chi connectivity index (χ3n) is 2.73. The van der Waals surface area contributed by atoms with Crippen LogP contribution < -0.4 is 5.73 Å². The number of aryl methyl sites for hydroxylation is 1. The third kappa shape index (κ3) is 1.99. The first-order valence-electron chi connectivity index (χ1n) is 5.52. The van der Waals surface area contributed by atoms with Gasteiger partial charge in [0.25, 0.3) is 5.82 Å². The maximum Gasteiger partial charge on any atom is 0.453 e. The monoisotopic (exact) mass is 299 g/mol. The van der Waals surface area contributed by atoms with E-state index in [0.29, 0.717) is 10.7 Å². The molecule has 0 aliphatic rings. The molecular formula is C11H8F3N5S. The fraction of sp³-hybridized carbons (Fsp3) is 0.182. The maximum absolute atomic E-state index is 12.7. The zero-order chi connectivity index (χ0) is 14.5. The molecule has 0 fully saturated rings. The molecule has 1 aromatic carbocycles. The largest absolute Gasteiger partial charge is 0.453 e. The normalized spacial score (nSPS) is 12.2. The van der Waals surface area contributed by atoms with Gasteiger partial charge in [0.1, 0.15) is 5.01 Å². The molecule has 0 unspecified atom stereocenters. The van der Waals surface area contributed by atoms with Gasteiger partial charge in [-0.3, -0.25) is 0 Å². The van der Waals surface area contributed by atoms with E-state index in [0.717, 1.165) is 27.0 Å². The van der Waals surface area contributed by atoms with Gasteiger partial charge < -0.3 is 5.73 Å². The topological polar surface area (TPSA) is 69.1 Å². The second kappa shape index (κ2) is 4.17. The van der Waals surface area contributed by atoms with Gasteiger partial charge in [0.15, 0.2) is 0 Å². The number of alkyl halides is 3. The van der Waals surface area contributed by atoms with Gasteiger partial charge >= 0.3 is 6.18 Å². The van der Waals surface area contributed by atoms with E-state index in [9.17, 15) is 13.2 Å². The minimum Gasteiger partial charge on any atom is -0.399 e. The molecule has 2 heterocycles. The predicted molar refractivity (Wildman–Crippen MR) is 68.2 cm³/mol. The van der Waals surface area contributed by atoms with Crippen LogP contribution in [0.4, 0.5) is 18.9 Å². The molecule has 2 aromatic heterocycles. The molecule has 0 aliphatic heterocycles. The van der Waals surface area contributed by atoms with Crippen molar-refractivity contribution < 1.29 is 13.2 Å². The molecule has 3 rings (SSSR count). The third-order valence-corrected chi connectivity index (χ3v) is 3.66. The lowest BCUT2D eigenvalue weighted by atomic mass is 10.1. The number of nitrogen functional groups attached to an aromatic ring is 1. The van der Waals surface area contributed by atoms with Crippen molar-refractivity contribution in [2.24, 2.45) is 0 Å². The van der Waals surface area contributed by atoms with E-state index in [4.69, 9.17) is 5.73 Å². The highest BCUT2D eigenvalue weighted by molar-refractivity contribution is 7.19. The second-order valence-electron chi connectivity index (χ2n) is 4.20. The number of hydrogen-bond acceptors (Lipinski definition) is 5. The number of aromatic nitrogens is 4. The van der Waals surface area contributed by atoms with Gasteiger partial charge in [0, 0.05) is 11.3 Å². The van der Waals surface area contributed by atoms with Crippen LogP contribution in [0.1, 0.15) is 11.4 Å². The quantitative estimate of drug-likeness (QED) is 0.701. The number of nitrogens with two attached hydrogens (primary N) is 1. The van der Waals surface area contributed by atoms with Crippen LogP contribution in [0.5, 0.6) is 0 Å². The Balaban J connectivity index is 2.16. The van der Waals surface area contributed by atoms with Crippen LogP contribution in [0, 0.1) is 6.92 Å². The van der Waals surface area contributed by atoms with Crippen molar-refractivity contribution in [2.45, 2.75) is 13.1 Å². The van der Waals surface area contributed by atoms with E-state index in [1.807, 2.05) is 6.92 Å². The van der Waals surface area contributed by atoms with Crippen molar-refractivity contribution in [3.05, 3.63) is 29.6 Å². The molecular weight excluding hydrogens is 291 g/mol. The first kappa shape index (κ1) is 12.9. The minimum absolute atomic E-state index is 0.101. The van der Waals surface area contributed by atoms with E-state index in [-0.39, 0.29) is 4.96 Å². The summed E-state index contributed by atoms with van der Waals surface area (Å²) in [7, 11) is 0. The average molecular weight is 299 g/mol. The average Bonchev–Trinajstić information content (AvgIpc) is 2.86. The smallest absolute Gasteiger partial charge is 0.399 e. The number of nitrogens with zero attached hydrogens (tertiary/aromatic N) is 4. The van der Waals surface area contributed by atoms with Gasteiger partial charge in [0.05, 0.1) is 0 Å². The van der Waals surface area contributed by atoms with Crippen LogP contribution in [-0.4, -0.2) is 19.8 Å². The van der Waals surface area contributed by atoms with Crippen molar-refractivity contribution in [1.82, 2.24) is 19.8 Å². The first-order chi connectivity index (χ1) is 9.36. The van der Waals surface area contributed by atoms with E-state index in [1.165, 1.54) is 0 Å². The zero-order valence-corrected chi connectivity index (χ0v) is 11.0. The molecule has 0 saturated carbocycles. The van der Waals surface area contributed by atoms with E-state index < -0.39 is 12.0 Å². The lowest BCUT2D eigenvalue weighted by molar-refractivity contribution is -0.146. The Hall–Kier alpha value is -2.16. The Morgan fingerprint density at radius 2 is 2.00 bits per heavy atom. The number of hydrogen-bond donors (Lipinski definition) is 1. The van der Waals surface area contributed by atoms with Crippen molar-refractivity contribution in [3.8, 4) is 10.6 Å². The molecule has 0 bridgehead atoms. The van der Waals surface area contributed by atoms with Crippen LogP contribution in [0.25, 0.3) is 15.5 Å². The molecule has 5 nitrogen and oxygen atoms in total. The number of halogens is 3. The highest BCUT2D eigenvalue weighted by atomic mass is 32.1. The summed E-state index contributed by atoms with van der Waals surface area (Å²) in [6.45, 7) is 1.82. The lowest BCUT2D eigenvalue weighted by Gasteiger charge is -2.03. The molecule has 2 N–H and O–H groups in total. The number of anilines is 1. The first-order valence-corrected chi connectivity index (χ1v) is 6.34. The fourth-order valence-corrected chi connectivity index (χ4v) is 2.76. The summed E-state index contributed by atoms with van der Waals surface area (Å²) in [6, 6.07) is 5.14. The fourth-order valence-electron chi connectivity index (χ4n) is 1.83. The Kier molecular flexibility index (Phi) is 2.68. The van der Waals surface area contributed by atoms with Crippen LogP contribution >= 0.6 is 11.3 Å². The summed E-state index contributed by atoms with van der Waals surface area (Å²) in [5.41, 5.74) is 7.80. The van der Waals surface area contributed by atoms with E-state index in [1.54, 1.807) is 18.2 Å².